The quantitative estimate of drug-likeness (QED) is 0.757. The molecule has 0 fully saturated rings. The summed E-state index contributed by atoms with van der Waals surface area (Å²) in [6, 6.07) is 21.3. The van der Waals surface area contributed by atoms with Gasteiger partial charge in [-0.3, -0.25) is 0 Å². The average Bonchev–Trinajstić information content (AvgIpc) is 2.46. The Morgan fingerprint density at radius 3 is 2.37 bits per heavy atom. The molecule has 0 radical (unpaired) electrons. The number of aromatic hydroxyl groups is 1. The highest BCUT2D eigenvalue weighted by Crippen LogP contribution is 2.24. The Bertz CT molecular complexity index is 690. The van der Waals surface area contributed by atoms with E-state index in [1.165, 1.54) is 0 Å². The van der Waals surface area contributed by atoms with Gasteiger partial charge in [0, 0.05) is 0 Å². The van der Waals surface area contributed by atoms with E-state index in [-0.39, 0.29) is 5.75 Å². The smallest absolute Gasteiger partial charge is 0.120 e. The van der Waals surface area contributed by atoms with Crippen LogP contribution in [0.15, 0.2) is 66.7 Å². The van der Waals surface area contributed by atoms with E-state index < -0.39 is 0 Å². The molecule has 3 aromatic rings. The van der Waals surface area contributed by atoms with E-state index in [2.05, 4.69) is 0 Å². The van der Waals surface area contributed by atoms with Crippen LogP contribution in [0.25, 0.3) is 10.8 Å². The summed E-state index contributed by atoms with van der Waals surface area (Å²) in [6.45, 7) is 0.560. The topological polar surface area (TPSA) is 29.5 Å². The van der Waals surface area contributed by atoms with Crippen molar-refractivity contribution in [3.05, 3.63) is 72.3 Å². The molecule has 0 bridgehead atoms. The standard InChI is InChI=1S/C17H14O2/c18-16-8-6-15-11-17(9-7-14(15)10-16)19-12-13-4-2-1-3-5-13/h1-11,18H,12H2. The highest BCUT2D eigenvalue weighted by Gasteiger charge is 1.99. The summed E-state index contributed by atoms with van der Waals surface area (Å²) in [5.41, 5.74) is 1.15. The molecule has 19 heavy (non-hydrogen) atoms. The lowest BCUT2D eigenvalue weighted by Gasteiger charge is -2.07. The number of benzene rings is 3. The zero-order chi connectivity index (χ0) is 13.1. The van der Waals surface area contributed by atoms with Crippen LogP contribution >= 0.6 is 0 Å². The Kier molecular flexibility index (Phi) is 3.07. The van der Waals surface area contributed by atoms with Crippen molar-refractivity contribution in [2.45, 2.75) is 6.61 Å². The van der Waals surface area contributed by atoms with E-state index in [4.69, 9.17) is 4.74 Å². The molecule has 0 unspecified atom stereocenters. The van der Waals surface area contributed by atoms with Gasteiger partial charge in [0.25, 0.3) is 0 Å². The van der Waals surface area contributed by atoms with Crippen LogP contribution in [0.3, 0.4) is 0 Å². The lowest BCUT2D eigenvalue weighted by atomic mass is 10.1. The van der Waals surface area contributed by atoms with E-state index in [1.807, 2.05) is 54.6 Å². The summed E-state index contributed by atoms with van der Waals surface area (Å²) in [4.78, 5) is 0. The van der Waals surface area contributed by atoms with Crippen LogP contribution in [0.1, 0.15) is 5.56 Å². The van der Waals surface area contributed by atoms with Crippen LogP contribution in [0.2, 0.25) is 0 Å². The number of phenols is 1. The monoisotopic (exact) mass is 250 g/mol. The van der Waals surface area contributed by atoms with Gasteiger partial charge in [-0.2, -0.15) is 0 Å². The number of hydrogen-bond acceptors (Lipinski definition) is 2. The van der Waals surface area contributed by atoms with Crippen LogP contribution in [0.5, 0.6) is 11.5 Å². The molecule has 94 valence electrons. The summed E-state index contributed by atoms with van der Waals surface area (Å²) in [7, 11) is 0. The molecule has 0 saturated carbocycles. The molecular formula is C17H14O2. The van der Waals surface area contributed by atoms with E-state index in [1.54, 1.807) is 12.1 Å². The van der Waals surface area contributed by atoms with Gasteiger partial charge in [0.1, 0.15) is 18.1 Å². The third-order valence-electron chi connectivity index (χ3n) is 3.04. The molecule has 3 rings (SSSR count). The first-order chi connectivity index (χ1) is 9.31. The van der Waals surface area contributed by atoms with Gasteiger partial charge >= 0.3 is 0 Å². The maximum Gasteiger partial charge on any atom is 0.120 e. The maximum atomic E-state index is 9.42. The molecule has 2 heteroatoms. The predicted octanol–water partition coefficient (Wildman–Crippen LogP) is 4.12. The number of hydrogen-bond donors (Lipinski definition) is 1. The summed E-state index contributed by atoms with van der Waals surface area (Å²) in [5.74, 6) is 1.12. The minimum Gasteiger partial charge on any atom is -0.508 e. The van der Waals surface area contributed by atoms with Crippen molar-refractivity contribution >= 4 is 10.8 Å². The summed E-state index contributed by atoms with van der Waals surface area (Å²) < 4.78 is 5.77. The number of ether oxygens (including phenoxy) is 1. The second-order valence-corrected chi connectivity index (χ2v) is 4.47. The van der Waals surface area contributed by atoms with Crippen molar-refractivity contribution in [3.63, 3.8) is 0 Å². The molecule has 2 nitrogen and oxygen atoms in total. The molecule has 3 aromatic carbocycles. The van der Waals surface area contributed by atoms with Crippen molar-refractivity contribution in [1.82, 2.24) is 0 Å². The van der Waals surface area contributed by atoms with E-state index >= 15 is 0 Å². The van der Waals surface area contributed by atoms with Crippen LogP contribution < -0.4 is 4.74 Å². The number of phenolic OH excluding ortho intramolecular Hbond substituents is 1. The minimum atomic E-state index is 0.283. The molecule has 0 aliphatic carbocycles. The van der Waals surface area contributed by atoms with E-state index in [0.29, 0.717) is 6.61 Å². The largest absolute Gasteiger partial charge is 0.508 e. The summed E-state index contributed by atoms with van der Waals surface area (Å²) >= 11 is 0. The van der Waals surface area contributed by atoms with Gasteiger partial charge in [-0.25, -0.2) is 0 Å². The molecular weight excluding hydrogens is 236 g/mol. The summed E-state index contributed by atoms with van der Waals surface area (Å²) in [5, 5.41) is 11.5. The average molecular weight is 250 g/mol. The molecule has 0 aliphatic heterocycles. The third-order valence-corrected chi connectivity index (χ3v) is 3.04. The summed E-state index contributed by atoms with van der Waals surface area (Å²) in [6.07, 6.45) is 0. The van der Waals surface area contributed by atoms with Gasteiger partial charge in [-0.05, 0) is 40.6 Å². The van der Waals surface area contributed by atoms with Crippen LogP contribution in [0, 0.1) is 0 Å². The molecule has 0 amide bonds. The zero-order valence-electron chi connectivity index (χ0n) is 10.4. The lowest BCUT2D eigenvalue weighted by molar-refractivity contribution is 0.306. The number of rotatable bonds is 3. The fraction of sp³-hybridized carbons (Fsp3) is 0.0588. The van der Waals surface area contributed by atoms with Gasteiger partial charge in [-0.1, -0.05) is 42.5 Å². The fourth-order valence-corrected chi connectivity index (χ4v) is 2.04. The van der Waals surface area contributed by atoms with Crippen molar-refractivity contribution in [1.29, 1.82) is 0 Å². The Morgan fingerprint density at radius 1 is 0.789 bits per heavy atom. The second-order valence-electron chi connectivity index (χ2n) is 4.47. The van der Waals surface area contributed by atoms with E-state index in [0.717, 1.165) is 22.1 Å². The van der Waals surface area contributed by atoms with E-state index in [9.17, 15) is 5.11 Å². The first-order valence-corrected chi connectivity index (χ1v) is 6.21. The number of fused-ring (bicyclic) bond motifs is 1. The Balaban J connectivity index is 1.80. The second kappa shape index (κ2) is 5.02. The normalized spacial score (nSPS) is 10.5. The van der Waals surface area contributed by atoms with Gasteiger partial charge in [0.05, 0.1) is 0 Å². The molecule has 0 aliphatic rings. The highest BCUT2D eigenvalue weighted by atomic mass is 16.5. The highest BCUT2D eigenvalue weighted by molar-refractivity contribution is 5.85. The van der Waals surface area contributed by atoms with Crippen LogP contribution in [-0.2, 0) is 6.61 Å². The molecule has 0 saturated heterocycles. The van der Waals surface area contributed by atoms with Crippen LogP contribution in [0.4, 0.5) is 0 Å². The Labute approximate surface area is 111 Å². The molecule has 0 aromatic heterocycles. The van der Waals surface area contributed by atoms with Gasteiger partial charge in [0.2, 0.25) is 0 Å². The van der Waals surface area contributed by atoms with Gasteiger partial charge < -0.3 is 9.84 Å². The van der Waals surface area contributed by atoms with Crippen molar-refractivity contribution in [2.75, 3.05) is 0 Å². The van der Waals surface area contributed by atoms with Gasteiger partial charge in [-0.15, -0.1) is 0 Å². The lowest BCUT2D eigenvalue weighted by Crippen LogP contribution is -1.94. The van der Waals surface area contributed by atoms with Crippen molar-refractivity contribution in [2.24, 2.45) is 0 Å². The van der Waals surface area contributed by atoms with Crippen molar-refractivity contribution < 1.29 is 9.84 Å². The molecule has 0 heterocycles. The molecule has 1 N–H and O–H groups in total. The zero-order valence-corrected chi connectivity index (χ0v) is 10.4. The SMILES string of the molecule is Oc1ccc2cc(OCc3ccccc3)ccc2c1. The third kappa shape index (κ3) is 2.68. The van der Waals surface area contributed by atoms with Crippen molar-refractivity contribution in [3.8, 4) is 11.5 Å². The minimum absolute atomic E-state index is 0.283. The Morgan fingerprint density at radius 2 is 1.53 bits per heavy atom. The fourth-order valence-electron chi connectivity index (χ4n) is 2.04. The van der Waals surface area contributed by atoms with Gasteiger partial charge in [0.15, 0.2) is 0 Å². The maximum absolute atomic E-state index is 9.42. The molecule has 0 spiro atoms. The first-order valence-electron chi connectivity index (χ1n) is 6.21. The first kappa shape index (κ1) is 11.6. The molecule has 0 atom stereocenters. The Hall–Kier alpha value is -2.48. The van der Waals surface area contributed by atoms with Crippen LogP contribution in [-0.4, -0.2) is 5.11 Å². The predicted molar refractivity (Wildman–Crippen MR) is 76.4 cm³/mol.